The average Bonchev–Trinajstić information content (AvgIpc) is 2.93. The summed E-state index contributed by atoms with van der Waals surface area (Å²) in [5.74, 6) is 0.623. The maximum absolute atomic E-state index is 11.9. The van der Waals surface area contributed by atoms with Gasteiger partial charge in [-0.1, -0.05) is 11.6 Å². The van der Waals surface area contributed by atoms with E-state index in [0.717, 1.165) is 30.6 Å². The van der Waals surface area contributed by atoms with Gasteiger partial charge in [0.25, 0.3) is 0 Å². The Hall–Kier alpha value is -1.26. The summed E-state index contributed by atoms with van der Waals surface area (Å²) in [6, 6.07) is 3.65. The summed E-state index contributed by atoms with van der Waals surface area (Å²) in [5, 5.41) is 3.44. The maximum Gasteiger partial charge on any atom is 0.224 e. The van der Waals surface area contributed by atoms with E-state index in [1.54, 1.807) is 13.2 Å². The number of hydrogen-bond donors (Lipinski definition) is 1. The highest BCUT2D eigenvalue weighted by Gasteiger charge is 2.16. The van der Waals surface area contributed by atoms with Crippen LogP contribution in [-0.2, 0) is 16.0 Å². The Bertz CT molecular complexity index is 484. The Kier molecular flexibility index (Phi) is 5.26. The molecule has 2 rings (SSSR count). The molecule has 0 aliphatic carbocycles. The number of ether oxygens (including phenoxy) is 2. The van der Waals surface area contributed by atoms with Gasteiger partial charge in [0.2, 0.25) is 5.91 Å². The first kappa shape index (κ1) is 15.1. The zero-order chi connectivity index (χ0) is 14.5. The van der Waals surface area contributed by atoms with Gasteiger partial charge < -0.3 is 14.8 Å². The van der Waals surface area contributed by atoms with Crippen molar-refractivity contribution in [3.05, 3.63) is 28.3 Å². The van der Waals surface area contributed by atoms with Gasteiger partial charge in [0.05, 0.1) is 24.7 Å². The minimum Gasteiger partial charge on any atom is -0.495 e. The number of carbonyl (C=O) groups excluding carboxylic acids is 1. The molecular weight excluding hydrogens is 278 g/mol. The first-order valence-corrected chi connectivity index (χ1v) is 7.19. The first-order valence-electron chi connectivity index (χ1n) is 6.81. The van der Waals surface area contributed by atoms with Gasteiger partial charge in [0, 0.05) is 13.2 Å². The van der Waals surface area contributed by atoms with Crippen LogP contribution in [0.3, 0.4) is 0 Å². The lowest BCUT2D eigenvalue weighted by Crippen LogP contribution is -2.32. The minimum absolute atomic E-state index is 0.00941. The number of halogens is 1. The Morgan fingerprint density at radius 1 is 1.55 bits per heavy atom. The number of rotatable bonds is 5. The average molecular weight is 298 g/mol. The number of nitrogens with one attached hydrogen (secondary N) is 1. The Morgan fingerprint density at radius 3 is 3.00 bits per heavy atom. The normalized spacial score (nSPS) is 18.1. The quantitative estimate of drug-likeness (QED) is 0.908. The lowest BCUT2D eigenvalue weighted by molar-refractivity contribution is -0.120. The largest absolute Gasteiger partial charge is 0.495 e. The van der Waals surface area contributed by atoms with E-state index in [2.05, 4.69) is 5.32 Å². The number of aryl methyl sites for hydroxylation is 1. The smallest absolute Gasteiger partial charge is 0.224 e. The van der Waals surface area contributed by atoms with E-state index in [0.29, 0.717) is 23.7 Å². The highest BCUT2D eigenvalue weighted by atomic mass is 35.5. The zero-order valence-corrected chi connectivity index (χ0v) is 12.6. The van der Waals surface area contributed by atoms with Crippen molar-refractivity contribution in [2.45, 2.75) is 32.3 Å². The van der Waals surface area contributed by atoms with E-state index in [1.807, 2.05) is 13.0 Å². The van der Waals surface area contributed by atoms with Gasteiger partial charge in [-0.2, -0.15) is 0 Å². The Morgan fingerprint density at radius 2 is 2.35 bits per heavy atom. The molecule has 0 radical (unpaired) electrons. The van der Waals surface area contributed by atoms with Gasteiger partial charge in [-0.05, 0) is 43.0 Å². The molecule has 1 aliphatic heterocycles. The van der Waals surface area contributed by atoms with E-state index in [4.69, 9.17) is 21.1 Å². The lowest BCUT2D eigenvalue weighted by Gasteiger charge is -2.13. The standard InChI is InChI=1S/C15H20ClNO3/c1-10-6-14(19-2)13(16)7-11(10)8-15(18)17-9-12-4-3-5-20-12/h6-7,12H,3-5,8-9H2,1-2H3,(H,17,18). The third-order valence-corrected chi connectivity index (χ3v) is 3.81. The van der Waals surface area contributed by atoms with Crippen LogP contribution >= 0.6 is 11.6 Å². The molecule has 1 aliphatic rings. The summed E-state index contributed by atoms with van der Waals surface area (Å²) in [4.78, 5) is 11.9. The molecule has 1 aromatic rings. The second-order valence-electron chi connectivity index (χ2n) is 5.03. The number of benzene rings is 1. The molecule has 1 N–H and O–H groups in total. The van der Waals surface area contributed by atoms with Crippen molar-refractivity contribution >= 4 is 17.5 Å². The summed E-state index contributed by atoms with van der Waals surface area (Å²) >= 11 is 6.09. The monoisotopic (exact) mass is 297 g/mol. The van der Waals surface area contributed by atoms with Crippen molar-refractivity contribution < 1.29 is 14.3 Å². The second-order valence-corrected chi connectivity index (χ2v) is 5.44. The van der Waals surface area contributed by atoms with Crippen LogP contribution in [-0.4, -0.2) is 32.3 Å². The number of hydrogen-bond acceptors (Lipinski definition) is 3. The van der Waals surface area contributed by atoms with Gasteiger partial charge in [-0.15, -0.1) is 0 Å². The van der Waals surface area contributed by atoms with Crippen LogP contribution in [0, 0.1) is 6.92 Å². The maximum atomic E-state index is 11.9. The van der Waals surface area contributed by atoms with E-state index < -0.39 is 0 Å². The summed E-state index contributed by atoms with van der Waals surface area (Å²) < 4.78 is 10.6. The highest BCUT2D eigenvalue weighted by molar-refractivity contribution is 6.32. The predicted octanol–water partition coefficient (Wildman–Crippen LogP) is 2.49. The molecule has 1 atom stereocenters. The highest BCUT2D eigenvalue weighted by Crippen LogP contribution is 2.28. The summed E-state index contributed by atoms with van der Waals surface area (Å²) in [7, 11) is 1.58. The fourth-order valence-corrected chi connectivity index (χ4v) is 2.57. The van der Waals surface area contributed by atoms with Crippen molar-refractivity contribution in [2.24, 2.45) is 0 Å². The molecule has 1 aromatic carbocycles. The molecule has 0 spiro atoms. The van der Waals surface area contributed by atoms with Crippen LogP contribution < -0.4 is 10.1 Å². The minimum atomic E-state index is -0.00941. The second kappa shape index (κ2) is 6.95. The molecule has 20 heavy (non-hydrogen) atoms. The Balaban J connectivity index is 1.91. The summed E-state index contributed by atoms with van der Waals surface area (Å²) in [6.07, 6.45) is 2.59. The van der Waals surface area contributed by atoms with Gasteiger partial charge in [-0.3, -0.25) is 4.79 Å². The molecule has 4 nitrogen and oxygen atoms in total. The fourth-order valence-electron chi connectivity index (χ4n) is 2.31. The van der Waals surface area contributed by atoms with Crippen LogP contribution in [0.2, 0.25) is 5.02 Å². The van der Waals surface area contributed by atoms with E-state index in [1.165, 1.54) is 0 Å². The van der Waals surface area contributed by atoms with Crippen molar-refractivity contribution in [1.82, 2.24) is 5.32 Å². The van der Waals surface area contributed by atoms with Gasteiger partial charge in [-0.25, -0.2) is 0 Å². The summed E-state index contributed by atoms with van der Waals surface area (Å²) in [6.45, 7) is 3.33. The molecule has 1 fully saturated rings. The molecule has 1 heterocycles. The number of methoxy groups -OCH3 is 1. The van der Waals surface area contributed by atoms with Crippen LogP contribution in [0.25, 0.3) is 0 Å². The number of carbonyl (C=O) groups is 1. The molecule has 1 unspecified atom stereocenters. The van der Waals surface area contributed by atoms with Gasteiger partial charge >= 0.3 is 0 Å². The van der Waals surface area contributed by atoms with Crippen molar-refractivity contribution in [3.63, 3.8) is 0 Å². The third kappa shape index (κ3) is 3.87. The molecule has 0 bridgehead atoms. The van der Waals surface area contributed by atoms with E-state index >= 15 is 0 Å². The molecule has 110 valence electrons. The van der Waals surface area contributed by atoms with Crippen LogP contribution in [0.15, 0.2) is 12.1 Å². The van der Waals surface area contributed by atoms with E-state index in [9.17, 15) is 4.79 Å². The van der Waals surface area contributed by atoms with Crippen LogP contribution in [0.1, 0.15) is 24.0 Å². The van der Waals surface area contributed by atoms with Crippen LogP contribution in [0.5, 0.6) is 5.75 Å². The molecule has 0 aromatic heterocycles. The van der Waals surface area contributed by atoms with Crippen molar-refractivity contribution in [1.29, 1.82) is 0 Å². The van der Waals surface area contributed by atoms with Crippen molar-refractivity contribution in [2.75, 3.05) is 20.3 Å². The molecular formula is C15H20ClNO3. The molecule has 1 amide bonds. The SMILES string of the molecule is COc1cc(C)c(CC(=O)NCC2CCCO2)cc1Cl. The zero-order valence-electron chi connectivity index (χ0n) is 11.9. The molecule has 0 saturated carbocycles. The summed E-state index contributed by atoms with van der Waals surface area (Å²) in [5.41, 5.74) is 1.92. The lowest BCUT2D eigenvalue weighted by atomic mass is 10.0. The first-order chi connectivity index (χ1) is 9.60. The van der Waals surface area contributed by atoms with Crippen molar-refractivity contribution in [3.8, 4) is 5.75 Å². The molecule has 5 heteroatoms. The number of amides is 1. The van der Waals surface area contributed by atoms with Gasteiger partial charge in [0.1, 0.15) is 5.75 Å². The van der Waals surface area contributed by atoms with Crippen LogP contribution in [0.4, 0.5) is 0 Å². The Labute approximate surface area is 124 Å². The van der Waals surface area contributed by atoms with E-state index in [-0.39, 0.29) is 12.0 Å². The fraction of sp³-hybridized carbons (Fsp3) is 0.533. The predicted molar refractivity (Wildman–Crippen MR) is 78.4 cm³/mol. The third-order valence-electron chi connectivity index (χ3n) is 3.51. The topological polar surface area (TPSA) is 47.6 Å². The molecule has 1 saturated heterocycles. The van der Waals surface area contributed by atoms with Gasteiger partial charge in [0.15, 0.2) is 0 Å².